The highest BCUT2D eigenvalue weighted by atomic mass is 16.7. The van der Waals surface area contributed by atoms with Crippen molar-refractivity contribution in [2.75, 3.05) is 20.8 Å². The minimum Gasteiger partial charge on any atom is -0.388 e. The van der Waals surface area contributed by atoms with E-state index in [4.69, 9.17) is 23.8 Å². The molecular weight excluding hydrogens is 558 g/mol. The third-order valence-corrected chi connectivity index (χ3v) is 7.07. The van der Waals surface area contributed by atoms with E-state index in [0.29, 0.717) is 6.61 Å². The maximum Gasteiger partial charge on any atom is 0.277 e. The summed E-state index contributed by atoms with van der Waals surface area (Å²) >= 11 is 0. The fraction of sp³-hybridized carbons (Fsp3) is 0.306. The maximum absolute atomic E-state index is 13.8. The molecule has 8 nitrogen and oxygen atoms in total. The Bertz CT molecular complexity index is 1340. The van der Waals surface area contributed by atoms with Gasteiger partial charge >= 0.3 is 0 Å². The molecule has 1 N–H and O–H groups in total. The first-order valence-corrected chi connectivity index (χ1v) is 14.6. The Kier molecular flexibility index (Phi) is 13.5. The van der Waals surface area contributed by atoms with Crippen molar-refractivity contribution in [1.82, 2.24) is 5.06 Å². The van der Waals surface area contributed by atoms with E-state index in [-0.39, 0.29) is 26.4 Å². The highest BCUT2D eigenvalue weighted by Crippen LogP contribution is 2.23. The number of nitrogens with zero attached hydrogens (tertiary/aromatic N) is 1. The first-order chi connectivity index (χ1) is 21.5. The van der Waals surface area contributed by atoms with E-state index in [2.05, 4.69) is 0 Å². The van der Waals surface area contributed by atoms with Gasteiger partial charge in [0, 0.05) is 7.05 Å². The van der Waals surface area contributed by atoms with Gasteiger partial charge in [0.05, 0.1) is 40.1 Å². The zero-order valence-electron chi connectivity index (χ0n) is 25.2. The van der Waals surface area contributed by atoms with Gasteiger partial charge in [-0.2, -0.15) is 0 Å². The number of aliphatic hydroxyl groups is 1. The zero-order chi connectivity index (χ0) is 31.0. The molecule has 0 aromatic heterocycles. The molecule has 0 saturated carbocycles. The largest absolute Gasteiger partial charge is 0.388 e. The summed E-state index contributed by atoms with van der Waals surface area (Å²) < 4.78 is 25.1. The first kappa shape index (κ1) is 33.0. The number of aliphatic hydroxyl groups excluding tert-OH is 1. The minimum atomic E-state index is -1.19. The smallest absolute Gasteiger partial charge is 0.277 e. The summed E-state index contributed by atoms with van der Waals surface area (Å²) in [5, 5.41) is 12.7. The molecule has 0 saturated heterocycles. The van der Waals surface area contributed by atoms with Crippen molar-refractivity contribution in [2.45, 2.75) is 50.8 Å². The Balaban J connectivity index is 1.64. The van der Waals surface area contributed by atoms with Gasteiger partial charge in [0.25, 0.3) is 5.91 Å². The molecule has 0 aliphatic heterocycles. The van der Waals surface area contributed by atoms with Crippen LogP contribution < -0.4 is 0 Å². The van der Waals surface area contributed by atoms with Gasteiger partial charge in [-0.3, -0.25) is 9.63 Å². The van der Waals surface area contributed by atoms with Gasteiger partial charge in [-0.25, -0.2) is 5.06 Å². The molecule has 4 aromatic rings. The Hall–Kier alpha value is -3.89. The molecule has 0 aliphatic rings. The summed E-state index contributed by atoms with van der Waals surface area (Å²) in [5.74, 6) is -0.479. The molecule has 0 heterocycles. The number of likely N-dealkylation sites (N-methyl/N-ethyl adjacent to an activating group) is 1. The summed E-state index contributed by atoms with van der Waals surface area (Å²) in [6.07, 6.45) is -4.40. The van der Waals surface area contributed by atoms with E-state index in [1.165, 1.54) is 14.2 Å². The van der Waals surface area contributed by atoms with E-state index in [0.717, 1.165) is 27.3 Å². The van der Waals surface area contributed by atoms with Gasteiger partial charge in [-0.05, 0) is 22.3 Å². The highest BCUT2D eigenvalue weighted by Gasteiger charge is 2.42. The van der Waals surface area contributed by atoms with E-state index in [9.17, 15) is 9.90 Å². The summed E-state index contributed by atoms with van der Waals surface area (Å²) in [4.78, 5) is 19.0. The van der Waals surface area contributed by atoms with Crippen LogP contribution in [0.25, 0.3) is 0 Å². The van der Waals surface area contributed by atoms with Crippen LogP contribution in [0.1, 0.15) is 22.3 Å². The zero-order valence-corrected chi connectivity index (χ0v) is 25.2. The van der Waals surface area contributed by atoms with Crippen molar-refractivity contribution in [3.63, 3.8) is 0 Å². The van der Waals surface area contributed by atoms with Crippen molar-refractivity contribution in [3.05, 3.63) is 144 Å². The summed E-state index contributed by atoms with van der Waals surface area (Å²) in [7, 11) is 2.91. The summed E-state index contributed by atoms with van der Waals surface area (Å²) in [6, 6.07) is 38.5. The number of hydrogen-bond donors (Lipinski definition) is 1. The third kappa shape index (κ3) is 10.4. The fourth-order valence-corrected chi connectivity index (χ4v) is 4.62. The van der Waals surface area contributed by atoms with Crippen LogP contribution in [0.3, 0.4) is 0 Å². The number of carbonyl (C=O) groups excluding carboxylic acids is 1. The van der Waals surface area contributed by atoms with Gasteiger partial charge in [0.15, 0.2) is 6.10 Å². The molecular formula is C36H41NO7. The molecule has 0 fully saturated rings. The van der Waals surface area contributed by atoms with Crippen molar-refractivity contribution in [2.24, 2.45) is 0 Å². The standard InChI is InChI=1S/C36H41NO7/c1-37(40-2)36(39)35(44-26-31-21-13-6-14-22-31)34(43-25-30-19-11-5-12-20-30)33(42-24-29-17-9-4-10-18-29)32(38)27-41-23-28-15-7-3-8-16-28/h3-22,32-35,38H,23-27H2,1-2H3/t32-,33-,34+,35-/m1/s1. The van der Waals surface area contributed by atoms with E-state index >= 15 is 0 Å². The number of amides is 1. The van der Waals surface area contributed by atoms with Crippen LogP contribution in [-0.2, 0) is 55.0 Å². The second-order valence-electron chi connectivity index (χ2n) is 10.3. The molecule has 232 valence electrons. The lowest BCUT2D eigenvalue weighted by atomic mass is 10.0. The van der Waals surface area contributed by atoms with Crippen molar-refractivity contribution in [1.29, 1.82) is 0 Å². The van der Waals surface area contributed by atoms with Crippen LogP contribution in [0.15, 0.2) is 121 Å². The second kappa shape index (κ2) is 18.0. The quantitative estimate of drug-likeness (QED) is 0.155. The molecule has 4 aromatic carbocycles. The predicted octanol–water partition coefficient (Wildman–Crippen LogP) is 5.34. The van der Waals surface area contributed by atoms with E-state index in [1.54, 1.807) is 0 Å². The number of ether oxygens (including phenoxy) is 4. The van der Waals surface area contributed by atoms with Crippen molar-refractivity contribution < 1.29 is 33.7 Å². The minimum absolute atomic E-state index is 0.0563. The van der Waals surface area contributed by atoms with E-state index < -0.39 is 30.3 Å². The summed E-state index contributed by atoms with van der Waals surface area (Å²) in [5.41, 5.74) is 3.64. The maximum atomic E-state index is 13.8. The summed E-state index contributed by atoms with van der Waals surface area (Å²) in [6.45, 7) is 0.707. The molecule has 0 bridgehead atoms. The Morgan fingerprint density at radius 1 is 0.614 bits per heavy atom. The fourth-order valence-electron chi connectivity index (χ4n) is 4.62. The van der Waals surface area contributed by atoms with Gasteiger partial charge in [-0.15, -0.1) is 0 Å². The van der Waals surface area contributed by atoms with Gasteiger partial charge in [-0.1, -0.05) is 121 Å². The lowest BCUT2D eigenvalue weighted by Crippen LogP contribution is -2.55. The Morgan fingerprint density at radius 2 is 1.00 bits per heavy atom. The average Bonchev–Trinajstić information content (AvgIpc) is 3.08. The molecule has 0 aliphatic carbocycles. The Labute approximate surface area is 259 Å². The lowest BCUT2D eigenvalue weighted by Gasteiger charge is -2.36. The molecule has 4 atom stereocenters. The van der Waals surface area contributed by atoms with Gasteiger partial charge in [0.2, 0.25) is 0 Å². The van der Waals surface area contributed by atoms with E-state index in [1.807, 2.05) is 121 Å². The van der Waals surface area contributed by atoms with Crippen LogP contribution in [-0.4, -0.2) is 61.3 Å². The molecule has 4 rings (SSSR count). The number of hydroxylamine groups is 2. The van der Waals surface area contributed by atoms with Crippen LogP contribution in [0.4, 0.5) is 0 Å². The SMILES string of the molecule is CON(C)C(=O)[C@H](OCc1ccccc1)[C@@H](OCc1ccccc1)[C@H](OCc1ccccc1)[C@H](O)COCc1ccccc1. The molecule has 8 heteroatoms. The van der Waals surface area contributed by atoms with Crippen LogP contribution in [0, 0.1) is 0 Å². The van der Waals surface area contributed by atoms with Crippen LogP contribution in [0.5, 0.6) is 0 Å². The van der Waals surface area contributed by atoms with Crippen molar-refractivity contribution in [3.8, 4) is 0 Å². The molecule has 0 radical (unpaired) electrons. The second-order valence-corrected chi connectivity index (χ2v) is 10.3. The van der Waals surface area contributed by atoms with Crippen LogP contribution in [0.2, 0.25) is 0 Å². The lowest BCUT2D eigenvalue weighted by molar-refractivity contribution is -0.213. The molecule has 44 heavy (non-hydrogen) atoms. The normalized spacial score (nSPS) is 14.0. The molecule has 1 amide bonds. The van der Waals surface area contributed by atoms with Gasteiger partial charge < -0.3 is 24.1 Å². The van der Waals surface area contributed by atoms with Gasteiger partial charge in [0.1, 0.15) is 18.3 Å². The monoisotopic (exact) mass is 599 g/mol. The third-order valence-electron chi connectivity index (χ3n) is 7.07. The molecule has 0 unspecified atom stereocenters. The average molecular weight is 600 g/mol. The highest BCUT2D eigenvalue weighted by molar-refractivity contribution is 5.80. The number of benzene rings is 4. The van der Waals surface area contributed by atoms with Crippen molar-refractivity contribution >= 4 is 5.91 Å². The Morgan fingerprint density at radius 3 is 1.43 bits per heavy atom. The number of hydrogen-bond acceptors (Lipinski definition) is 7. The first-order valence-electron chi connectivity index (χ1n) is 14.6. The topological polar surface area (TPSA) is 86.7 Å². The number of carbonyl (C=O) groups is 1. The molecule has 0 spiro atoms. The predicted molar refractivity (Wildman–Crippen MR) is 167 cm³/mol. The number of rotatable bonds is 18. The van der Waals surface area contributed by atoms with Crippen LogP contribution >= 0.6 is 0 Å².